The van der Waals surface area contributed by atoms with E-state index in [-0.39, 0.29) is 17.0 Å². The lowest BCUT2D eigenvalue weighted by Crippen LogP contribution is -2.14. The molecule has 0 aliphatic heterocycles. The van der Waals surface area contributed by atoms with Crippen molar-refractivity contribution in [2.75, 3.05) is 5.32 Å². The Morgan fingerprint density at radius 2 is 1.70 bits per heavy atom. The highest BCUT2D eigenvalue weighted by atomic mass is 35.5. The Kier molecular flexibility index (Phi) is 5.28. The number of nitrogens with two attached hydrogens (primary N) is 1. The molecule has 30 heavy (non-hydrogen) atoms. The minimum absolute atomic E-state index is 0.0625. The zero-order valence-electron chi connectivity index (χ0n) is 15.5. The van der Waals surface area contributed by atoms with Crippen LogP contribution in [0.15, 0.2) is 77.6 Å². The number of carbonyl (C=O) groups is 2. The van der Waals surface area contributed by atoms with Crippen LogP contribution in [0.2, 0.25) is 5.02 Å². The van der Waals surface area contributed by atoms with Crippen LogP contribution in [0.4, 0.5) is 5.88 Å². The molecule has 2 aromatic heterocycles. The van der Waals surface area contributed by atoms with Crippen LogP contribution in [0.5, 0.6) is 0 Å². The van der Waals surface area contributed by atoms with Gasteiger partial charge in [-0.25, -0.2) is 0 Å². The number of anilines is 1. The lowest BCUT2D eigenvalue weighted by Gasteiger charge is -2.10. The van der Waals surface area contributed by atoms with Crippen LogP contribution in [-0.4, -0.2) is 22.0 Å². The van der Waals surface area contributed by atoms with Crippen molar-refractivity contribution < 1.29 is 14.1 Å². The van der Waals surface area contributed by atoms with Crippen molar-refractivity contribution in [2.45, 2.75) is 0 Å². The maximum atomic E-state index is 12.8. The van der Waals surface area contributed by atoms with Crippen LogP contribution in [0.1, 0.15) is 20.7 Å². The predicted molar refractivity (Wildman–Crippen MR) is 113 cm³/mol. The van der Waals surface area contributed by atoms with Crippen molar-refractivity contribution in [3.05, 3.63) is 89.2 Å². The number of halogens is 1. The standard InChI is InChI=1S/C22H15ClN4O3/c23-17-10-4-3-9-16(17)21(29)26-22-18(14-7-1-2-8-15(14)20(24)28)19(27-30-22)13-6-5-11-25-12-13/h1-12H,(H2,24,28)(H,26,29). The molecule has 0 bridgehead atoms. The first-order valence-corrected chi connectivity index (χ1v) is 9.29. The molecule has 0 saturated carbocycles. The van der Waals surface area contributed by atoms with Gasteiger partial charge in [0.25, 0.3) is 5.91 Å². The minimum Gasteiger partial charge on any atom is -0.366 e. The zero-order valence-corrected chi connectivity index (χ0v) is 16.3. The monoisotopic (exact) mass is 418 g/mol. The molecule has 0 radical (unpaired) electrons. The molecular weight excluding hydrogens is 404 g/mol. The molecule has 0 saturated heterocycles. The van der Waals surface area contributed by atoms with Crippen LogP contribution < -0.4 is 11.1 Å². The van der Waals surface area contributed by atoms with Gasteiger partial charge in [-0.1, -0.05) is 47.1 Å². The molecule has 2 amide bonds. The maximum Gasteiger partial charge on any atom is 0.259 e. The third-order valence-electron chi connectivity index (χ3n) is 4.43. The van der Waals surface area contributed by atoms with Crippen molar-refractivity contribution in [3.63, 3.8) is 0 Å². The van der Waals surface area contributed by atoms with Gasteiger partial charge in [0, 0.05) is 29.1 Å². The Balaban J connectivity index is 1.87. The smallest absolute Gasteiger partial charge is 0.259 e. The third kappa shape index (κ3) is 3.66. The van der Waals surface area contributed by atoms with Crippen LogP contribution in [0.3, 0.4) is 0 Å². The number of carbonyl (C=O) groups excluding carboxylic acids is 2. The zero-order chi connectivity index (χ0) is 21.1. The van der Waals surface area contributed by atoms with Gasteiger partial charge in [0.15, 0.2) is 0 Å². The Morgan fingerprint density at radius 1 is 0.967 bits per heavy atom. The Bertz CT molecular complexity index is 1240. The topological polar surface area (TPSA) is 111 Å². The Morgan fingerprint density at radius 3 is 2.40 bits per heavy atom. The van der Waals surface area contributed by atoms with Crippen LogP contribution in [0, 0.1) is 0 Å². The normalized spacial score (nSPS) is 10.6. The fourth-order valence-corrected chi connectivity index (χ4v) is 3.28. The molecular formula is C22H15ClN4O3. The molecule has 8 heteroatoms. The molecule has 4 rings (SSSR count). The summed E-state index contributed by atoms with van der Waals surface area (Å²) in [6.07, 6.45) is 3.23. The molecule has 4 aromatic rings. The van der Waals surface area contributed by atoms with Gasteiger partial charge in [0.2, 0.25) is 11.8 Å². The van der Waals surface area contributed by atoms with Gasteiger partial charge in [-0.15, -0.1) is 0 Å². The number of amides is 2. The summed E-state index contributed by atoms with van der Waals surface area (Å²) in [4.78, 5) is 28.9. The maximum absolute atomic E-state index is 12.8. The number of pyridine rings is 1. The van der Waals surface area contributed by atoms with E-state index in [1.54, 1.807) is 73.1 Å². The summed E-state index contributed by atoms with van der Waals surface area (Å²) in [5.74, 6) is -1.04. The number of rotatable bonds is 5. The molecule has 2 aromatic carbocycles. The van der Waals surface area contributed by atoms with E-state index < -0.39 is 11.8 Å². The Labute approximate surface area is 176 Å². The number of aromatic nitrogens is 2. The van der Waals surface area contributed by atoms with Crippen molar-refractivity contribution in [1.82, 2.24) is 10.1 Å². The van der Waals surface area contributed by atoms with Crippen molar-refractivity contribution >= 4 is 29.3 Å². The Hall–Kier alpha value is -3.97. The van der Waals surface area contributed by atoms with Gasteiger partial charge >= 0.3 is 0 Å². The molecule has 2 heterocycles. The first kappa shape index (κ1) is 19.4. The van der Waals surface area contributed by atoms with E-state index >= 15 is 0 Å². The largest absolute Gasteiger partial charge is 0.366 e. The highest BCUT2D eigenvalue weighted by molar-refractivity contribution is 6.34. The fourth-order valence-electron chi connectivity index (χ4n) is 3.06. The van der Waals surface area contributed by atoms with Crippen molar-refractivity contribution in [3.8, 4) is 22.4 Å². The van der Waals surface area contributed by atoms with E-state index in [1.165, 1.54) is 0 Å². The van der Waals surface area contributed by atoms with Crippen LogP contribution in [-0.2, 0) is 0 Å². The molecule has 0 atom stereocenters. The number of hydrogen-bond donors (Lipinski definition) is 2. The van der Waals surface area contributed by atoms with Gasteiger partial charge < -0.3 is 10.3 Å². The summed E-state index contributed by atoms with van der Waals surface area (Å²) in [5.41, 5.74) is 8.04. The summed E-state index contributed by atoms with van der Waals surface area (Å²) < 4.78 is 5.47. The average Bonchev–Trinajstić information content (AvgIpc) is 3.17. The number of hydrogen-bond acceptors (Lipinski definition) is 5. The fraction of sp³-hybridized carbons (Fsp3) is 0. The predicted octanol–water partition coefficient (Wildman–Crippen LogP) is 4.41. The first-order chi connectivity index (χ1) is 14.6. The molecule has 0 unspecified atom stereocenters. The van der Waals surface area contributed by atoms with Crippen molar-refractivity contribution in [1.29, 1.82) is 0 Å². The molecule has 7 nitrogen and oxygen atoms in total. The van der Waals surface area contributed by atoms with Crippen LogP contribution in [0.25, 0.3) is 22.4 Å². The van der Waals surface area contributed by atoms with Crippen LogP contribution >= 0.6 is 11.6 Å². The molecule has 0 fully saturated rings. The summed E-state index contributed by atoms with van der Waals surface area (Å²) >= 11 is 6.13. The highest BCUT2D eigenvalue weighted by Gasteiger charge is 2.25. The van der Waals surface area contributed by atoms with Gasteiger partial charge in [-0.3, -0.25) is 19.9 Å². The van der Waals surface area contributed by atoms with Gasteiger partial charge in [0.1, 0.15) is 5.69 Å². The van der Waals surface area contributed by atoms with Gasteiger partial charge in [0.05, 0.1) is 16.1 Å². The lowest BCUT2D eigenvalue weighted by atomic mass is 9.96. The first-order valence-electron chi connectivity index (χ1n) is 8.91. The number of nitrogens with zero attached hydrogens (tertiary/aromatic N) is 2. The van der Waals surface area contributed by atoms with Gasteiger partial charge in [-0.05, 0) is 30.3 Å². The molecule has 0 aliphatic rings. The lowest BCUT2D eigenvalue weighted by molar-refractivity contribution is 0.0998. The van der Waals surface area contributed by atoms with E-state index in [9.17, 15) is 9.59 Å². The second kappa shape index (κ2) is 8.18. The summed E-state index contributed by atoms with van der Waals surface area (Å²) in [7, 11) is 0. The number of primary amides is 1. The summed E-state index contributed by atoms with van der Waals surface area (Å²) in [6.45, 7) is 0. The quantitative estimate of drug-likeness (QED) is 0.498. The molecule has 148 valence electrons. The third-order valence-corrected chi connectivity index (χ3v) is 4.76. The molecule has 0 spiro atoms. The van der Waals surface area contributed by atoms with E-state index in [0.717, 1.165) is 0 Å². The highest BCUT2D eigenvalue weighted by Crippen LogP contribution is 2.39. The summed E-state index contributed by atoms with van der Waals surface area (Å²) in [5, 5.41) is 7.11. The minimum atomic E-state index is -0.618. The van der Waals surface area contributed by atoms with E-state index in [0.29, 0.717) is 27.4 Å². The molecule has 0 aliphatic carbocycles. The van der Waals surface area contributed by atoms with E-state index in [2.05, 4.69) is 15.5 Å². The SMILES string of the molecule is NC(=O)c1ccccc1-c1c(-c2cccnc2)noc1NC(=O)c1ccccc1Cl. The average molecular weight is 419 g/mol. The van der Waals surface area contributed by atoms with Gasteiger partial charge in [-0.2, -0.15) is 0 Å². The molecule has 3 N–H and O–H groups in total. The summed E-state index contributed by atoms with van der Waals surface area (Å²) in [6, 6.07) is 16.9. The van der Waals surface area contributed by atoms with Crippen molar-refractivity contribution in [2.24, 2.45) is 5.73 Å². The second-order valence-corrected chi connectivity index (χ2v) is 6.73. The van der Waals surface area contributed by atoms with E-state index in [1.807, 2.05) is 0 Å². The number of benzene rings is 2. The number of nitrogens with one attached hydrogen (secondary N) is 1. The second-order valence-electron chi connectivity index (χ2n) is 6.32. The van der Waals surface area contributed by atoms with E-state index in [4.69, 9.17) is 21.9 Å².